The van der Waals surface area contributed by atoms with Crippen molar-refractivity contribution in [2.75, 3.05) is 0 Å². The van der Waals surface area contributed by atoms with Crippen LogP contribution in [0.5, 0.6) is 0 Å². The summed E-state index contributed by atoms with van der Waals surface area (Å²) in [7, 11) is 0. The van der Waals surface area contributed by atoms with Crippen LogP contribution in [0.25, 0.3) is 0 Å². The van der Waals surface area contributed by atoms with Gasteiger partial charge in [-0.3, -0.25) is 4.68 Å². The van der Waals surface area contributed by atoms with Gasteiger partial charge in [-0.05, 0) is 43.6 Å². The van der Waals surface area contributed by atoms with Gasteiger partial charge in [0.15, 0.2) is 0 Å². The Morgan fingerprint density at radius 1 is 1.35 bits per heavy atom. The molecule has 0 bridgehead atoms. The molecular weight excluding hydrogens is 248 g/mol. The van der Waals surface area contributed by atoms with E-state index in [-0.39, 0.29) is 6.10 Å². The van der Waals surface area contributed by atoms with Gasteiger partial charge < -0.3 is 5.11 Å². The van der Waals surface area contributed by atoms with Gasteiger partial charge in [-0.2, -0.15) is 5.10 Å². The Kier molecular flexibility index (Phi) is 5.64. The summed E-state index contributed by atoms with van der Waals surface area (Å²) in [6.45, 7) is 6.71. The summed E-state index contributed by atoms with van der Waals surface area (Å²) in [4.78, 5) is 0. The Balaban J connectivity index is 1.92. The first-order valence-electron chi connectivity index (χ1n) is 8.36. The van der Waals surface area contributed by atoms with Crippen molar-refractivity contribution in [3.63, 3.8) is 0 Å². The molecule has 3 unspecified atom stereocenters. The van der Waals surface area contributed by atoms with E-state index in [0.29, 0.717) is 18.4 Å². The van der Waals surface area contributed by atoms with Crippen LogP contribution in [0.4, 0.5) is 0 Å². The van der Waals surface area contributed by atoms with Crippen molar-refractivity contribution in [1.82, 2.24) is 9.78 Å². The van der Waals surface area contributed by atoms with Gasteiger partial charge in [0.25, 0.3) is 0 Å². The zero-order valence-corrected chi connectivity index (χ0v) is 13.3. The highest BCUT2D eigenvalue weighted by Gasteiger charge is 2.26. The zero-order chi connectivity index (χ0) is 14.5. The molecule has 0 spiro atoms. The normalized spacial score (nSPS) is 25.1. The van der Waals surface area contributed by atoms with Crippen LogP contribution < -0.4 is 0 Å². The molecule has 1 saturated carbocycles. The smallest absolute Gasteiger partial charge is 0.0650 e. The Bertz CT molecular complexity index is 397. The highest BCUT2D eigenvalue weighted by molar-refractivity contribution is 5.02. The standard InChI is InChI=1S/C17H30N2O/c1-4-16(5-2)19-10-9-15(18-19)12-17(20)14-8-6-7-13(3)11-14/h9-10,13-14,16-17,20H,4-8,11-12H2,1-3H3. The van der Waals surface area contributed by atoms with E-state index in [0.717, 1.165) is 24.5 Å². The molecule has 1 heterocycles. The molecule has 0 saturated heterocycles. The van der Waals surface area contributed by atoms with E-state index in [1.807, 2.05) is 0 Å². The van der Waals surface area contributed by atoms with Crippen molar-refractivity contribution in [2.45, 2.75) is 77.9 Å². The second-order valence-electron chi connectivity index (χ2n) is 6.56. The Morgan fingerprint density at radius 2 is 2.10 bits per heavy atom. The molecule has 1 aromatic heterocycles. The van der Waals surface area contributed by atoms with Crippen LogP contribution in [0.15, 0.2) is 12.3 Å². The van der Waals surface area contributed by atoms with E-state index in [4.69, 9.17) is 0 Å². The fraction of sp³-hybridized carbons (Fsp3) is 0.824. The quantitative estimate of drug-likeness (QED) is 0.855. The summed E-state index contributed by atoms with van der Waals surface area (Å²) < 4.78 is 2.07. The lowest BCUT2D eigenvalue weighted by Crippen LogP contribution is -2.27. The molecule has 1 aliphatic carbocycles. The summed E-state index contributed by atoms with van der Waals surface area (Å²) in [6, 6.07) is 2.57. The average molecular weight is 278 g/mol. The molecule has 1 N–H and O–H groups in total. The van der Waals surface area contributed by atoms with Gasteiger partial charge in [0, 0.05) is 12.6 Å². The molecule has 114 valence electrons. The molecule has 0 radical (unpaired) electrons. The second-order valence-corrected chi connectivity index (χ2v) is 6.56. The summed E-state index contributed by atoms with van der Waals surface area (Å²) in [5.74, 6) is 1.24. The lowest BCUT2D eigenvalue weighted by Gasteiger charge is -2.30. The molecule has 0 aliphatic heterocycles. The van der Waals surface area contributed by atoms with Crippen LogP contribution in [0.1, 0.15) is 71.0 Å². The molecule has 0 amide bonds. The van der Waals surface area contributed by atoms with Crippen LogP contribution in [-0.4, -0.2) is 21.0 Å². The lowest BCUT2D eigenvalue weighted by atomic mass is 9.78. The van der Waals surface area contributed by atoms with Crippen LogP contribution >= 0.6 is 0 Å². The predicted molar refractivity (Wildman–Crippen MR) is 82.7 cm³/mol. The average Bonchev–Trinajstić information content (AvgIpc) is 2.88. The van der Waals surface area contributed by atoms with Crippen molar-refractivity contribution in [3.05, 3.63) is 18.0 Å². The highest BCUT2D eigenvalue weighted by Crippen LogP contribution is 2.31. The number of rotatable bonds is 6. The minimum Gasteiger partial charge on any atom is -0.392 e. The van der Waals surface area contributed by atoms with Gasteiger partial charge in [-0.1, -0.05) is 33.6 Å². The molecule has 20 heavy (non-hydrogen) atoms. The third-order valence-electron chi connectivity index (χ3n) is 4.92. The maximum absolute atomic E-state index is 10.5. The largest absolute Gasteiger partial charge is 0.392 e. The Morgan fingerprint density at radius 3 is 2.75 bits per heavy atom. The SMILES string of the molecule is CCC(CC)n1ccc(CC(O)C2CCCC(C)C2)n1. The van der Waals surface area contributed by atoms with Crippen LogP contribution in [0.3, 0.4) is 0 Å². The van der Waals surface area contributed by atoms with E-state index >= 15 is 0 Å². The summed E-state index contributed by atoms with van der Waals surface area (Å²) in [5.41, 5.74) is 1.04. The van der Waals surface area contributed by atoms with Crippen LogP contribution in [0, 0.1) is 11.8 Å². The molecule has 1 aliphatic rings. The van der Waals surface area contributed by atoms with Gasteiger partial charge >= 0.3 is 0 Å². The monoisotopic (exact) mass is 278 g/mol. The van der Waals surface area contributed by atoms with Crippen molar-refractivity contribution >= 4 is 0 Å². The van der Waals surface area contributed by atoms with Crippen molar-refractivity contribution in [3.8, 4) is 0 Å². The topological polar surface area (TPSA) is 38.0 Å². The highest BCUT2D eigenvalue weighted by atomic mass is 16.3. The van der Waals surface area contributed by atoms with Crippen molar-refractivity contribution in [2.24, 2.45) is 11.8 Å². The van der Waals surface area contributed by atoms with Gasteiger partial charge in [-0.25, -0.2) is 0 Å². The van der Waals surface area contributed by atoms with E-state index in [9.17, 15) is 5.11 Å². The minimum absolute atomic E-state index is 0.220. The maximum atomic E-state index is 10.5. The summed E-state index contributed by atoms with van der Waals surface area (Å²) >= 11 is 0. The predicted octanol–water partition coefficient (Wildman–Crippen LogP) is 3.97. The van der Waals surface area contributed by atoms with E-state index in [2.05, 4.69) is 42.8 Å². The first-order valence-corrected chi connectivity index (χ1v) is 8.36. The third kappa shape index (κ3) is 3.85. The van der Waals surface area contributed by atoms with Gasteiger partial charge in [0.1, 0.15) is 0 Å². The number of nitrogens with zero attached hydrogens (tertiary/aromatic N) is 2. The number of aliphatic hydroxyl groups excluding tert-OH is 1. The molecule has 3 heteroatoms. The van der Waals surface area contributed by atoms with E-state index in [1.54, 1.807) is 0 Å². The van der Waals surface area contributed by atoms with Crippen LogP contribution in [0.2, 0.25) is 0 Å². The van der Waals surface area contributed by atoms with E-state index in [1.165, 1.54) is 25.7 Å². The Labute approximate surface area is 123 Å². The lowest BCUT2D eigenvalue weighted by molar-refractivity contribution is 0.0711. The summed E-state index contributed by atoms with van der Waals surface area (Å²) in [5, 5.41) is 15.1. The van der Waals surface area contributed by atoms with Crippen molar-refractivity contribution in [1.29, 1.82) is 0 Å². The molecule has 3 nitrogen and oxygen atoms in total. The van der Waals surface area contributed by atoms with Gasteiger partial charge in [0.2, 0.25) is 0 Å². The van der Waals surface area contributed by atoms with Gasteiger partial charge in [-0.15, -0.1) is 0 Å². The summed E-state index contributed by atoms with van der Waals surface area (Å²) in [6.07, 6.45) is 9.74. The van der Waals surface area contributed by atoms with Crippen LogP contribution in [-0.2, 0) is 6.42 Å². The maximum Gasteiger partial charge on any atom is 0.0650 e. The number of hydrogen-bond donors (Lipinski definition) is 1. The van der Waals surface area contributed by atoms with Gasteiger partial charge in [0.05, 0.1) is 17.8 Å². The number of hydrogen-bond acceptors (Lipinski definition) is 2. The molecule has 1 fully saturated rings. The first kappa shape index (κ1) is 15.6. The second kappa shape index (κ2) is 7.26. The fourth-order valence-corrected chi connectivity index (χ4v) is 3.56. The molecule has 1 aromatic rings. The fourth-order valence-electron chi connectivity index (χ4n) is 3.56. The Hall–Kier alpha value is -0.830. The molecule has 3 atom stereocenters. The van der Waals surface area contributed by atoms with Crippen molar-refractivity contribution < 1.29 is 5.11 Å². The molecule has 2 rings (SSSR count). The number of aromatic nitrogens is 2. The first-order chi connectivity index (χ1) is 9.63. The molecule has 0 aromatic carbocycles. The number of aliphatic hydroxyl groups is 1. The zero-order valence-electron chi connectivity index (χ0n) is 13.3. The molecular formula is C17H30N2O. The van der Waals surface area contributed by atoms with E-state index < -0.39 is 0 Å². The third-order valence-corrected chi connectivity index (χ3v) is 4.92. The minimum atomic E-state index is -0.220.